The molecular formula is C19H24N2O3S2Y-2. The maximum atomic E-state index is 11.3. The van der Waals surface area contributed by atoms with Gasteiger partial charge in [-0.25, -0.2) is 8.42 Å². The summed E-state index contributed by atoms with van der Waals surface area (Å²) < 4.78 is 25.8. The molecule has 0 saturated carbocycles. The van der Waals surface area contributed by atoms with Gasteiger partial charge in [-0.2, -0.15) is 24.3 Å². The van der Waals surface area contributed by atoms with Crippen LogP contribution >= 0.6 is 12.2 Å². The summed E-state index contributed by atoms with van der Waals surface area (Å²) in [5, 5.41) is 1.84. The van der Waals surface area contributed by atoms with Gasteiger partial charge < -0.3 is 10.5 Å². The van der Waals surface area contributed by atoms with Gasteiger partial charge >= 0.3 is 0 Å². The van der Waals surface area contributed by atoms with Crippen molar-refractivity contribution in [3.8, 4) is 0 Å². The summed E-state index contributed by atoms with van der Waals surface area (Å²) in [4.78, 5) is 10.4. The van der Waals surface area contributed by atoms with Gasteiger partial charge in [-0.3, -0.25) is 0 Å². The summed E-state index contributed by atoms with van der Waals surface area (Å²) in [6.07, 6.45) is 0. The smallest absolute Gasteiger partial charge is 0.244 e. The second-order valence-corrected chi connectivity index (χ2v) is 5.80. The molecule has 0 atom stereocenters. The Hall–Kier alpha value is -1.24. The van der Waals surface area contributed by atoms with Crippen LogP contribution in [0.4, 0.5) is 0 Å². The van der Waals surface area contributed by atoms with Crippen LogP contribution < -0.4 is 0 Å². The van der Waals surface area contributed by atoms with Crippen molar-refractivity contribution in [2.24, 2.45) is 4.40 Å². The number of sulfonamides is 1. The fourth-order valence-corrected chi connectivity index (χ4v) is 2.64. The summed E-state index contributed by atoms with van der Waals surface area (Å²) in [5.74, 6) is -0.629. The summed E-state index contributed by atoms with van der Waals surface area (Å²) in [6, 6.07) is 15.8. The predicted molar refractivity (Wildman–Crippen MR) is 110 cm³/mol. The summed E-state index contributed by atoms with van der Waals surface area (Å²) >= 11 is 4.24. The van der Waals surface area contributed by atoms with Crippen LogP contribution in [0.1, 0.15) is 43.6 Å². The van der Waals surface area contributed by atoms with E-state index in [2.05, 4.69) is 22.7 Å². The average molecular weight is 481 g/mol. The predicted octanol–water partition coefficient (Wildman–Crippen LogP) is 5.52. The Kier molecular flexibility index (Phi) is 20.5. The first-order chi connectivity index (χ1) is 12.4. The minimum Gasteiger partial charge on any atom is -0.664 e. The minimum absolute atomic E-state index is 0. The second kappa shape index (κ2) is 18.1. The number of rotatable bonds is 3. The first kappa shape index (κ1) is 30.5. The van der Waals surface area contributed by atoms with Gasteiger partial charge in [-0.1, -0.05) is 65.0 Å². The molecule has 2 rings (SSSR count). The standard InChI is InChI=1S/C8H6NO2S2.C7H7NO.2C2H6.Y/c1-7-4-2-3-5-8(7)13(10,11)9-6-12;8-7(9)6-4-2-1-3-5-6;2*1-2;/h2,4-5H,1H3;1-5H,(H2,8,9);2*1-2H3;/q-1;;;;/p-1. The monoisotopic (exact) mass is 481 g/mol. The maximum Gasteiger partial charge on any atom is 0.244 e. The molecule has 1 amide bonds. The number of amides is 1. The first-order valence-corrected chi connectivity index (χ1v) is 9.85. The number of hydrogen-bond acceptors (Lipinski definition) is 4. The van der Waals surface area contributed by atoms with Gasteiger partial charge in [0.25, 0.3) is 0 Å². The Morgan fingerprint density at radius 2 is 1.63 bits per heavy atom. The third-order valence-corrected chi connectivity index (χ3v) is 4.04. The van der Waals surface area contributed by atoms with Crippen LogP contribution in [0.25, 0.3) is 5.73 Å². The van der Waals surface area contributed by atoms with Crippen LogP contribution in [0, 0.1) is 13.0 Å². The molecule has 27 heavy (non-hydrogen) atoms. The Bertz CT molecular complexity index is 805. The van der Waals surface area contributed by atoms with E-state index in [4.69, 9.17) is 5.73 Å². The van der Waals surface area contributed by atoms with E-state index < -0.39 is 15.9 Å². The van der Waals surface area contributed by atoms with Gasteiger partial charge in [0.05, 0.1) is 11.1 Å². The van der Waals surface area contributed by atoms with E-state index in [9.17, 15) is 13.2 Å². The molecule has 0 aromatic heterocycles. The molecule has 0 aliphatic heterocycles. The zero-order valence-electron chi connectivity index (χ0n) is 16.2. The number of carbonyl (C=O) groups excluding carboxylic acids is 1. The van der Waals surface area contributed by atoms with Crippen LogP contribution in [0.2, 0.25) is 0 Å². The van der Waals surface area contributed by atoms with E-state index in [1.165, 1.54) is 6.07 Å². The molecule has 0 aliphatic carbocycles. The number of benzene rings is 2. The van der Waals surface area contributed by atoms with Crippen molar-refractivity contribution in [1.29, 1.82) is 0 Å². The molecule has 145 valence electrons. The number of hydrogen-bond donors (Lipinski definition) is 0. The van der Waals surface area contributed by atoms with Crippen molar-refractivity contribution in [2.45, 2.75) is 39.5 Å². The summed E-state index contributed by atoms with van der Waals surface area (Å²) in [6.45, 7) is 9.68. The van der Waals surface area contributed by atoms with Crippen molar-refractivity contribution in [3.63, 3.8) is 0 Å². The fraction of sp³-hybridized carbons (Fsp3) is 0.263. The van der Waals surface area contributed by atoms with Crippen LogP contribution in [-0.2, 0) is 42.7 Å². The van der Waals surface area contributed by atoms with E-state index in [-0.39, 0.29) is 37.6 Å². The second-order valence-electron chi connectivity index (χ2n) is 4.04. The Balaban J connectivity index is -0.000000362. The van der Waals surface area contributed by atoms with Crippen LogP contribution in [0.3, 0.4) is 0 Å². The molecule has 0 saturated heterocycles. The molecule has 8 heteroatoms. The molecule has 0 fully saturated rings. The van der Waals surface area contributed by atoms with Crippen molar-refractivity contribution >= 4 is 33.3 Å². The average Bonchev–Trinajstić information content (AvgIpc) is 2.66. The SMILES string of the molecule is CC.CC.Cc1cc[c-]cc1S(=O)(=O)N=C=S.[NH-]C(=O)c1ccccc1.[Y]. The molecule has 0 heterocycles. The zero-order valence-corrected chi connectivity index (χ0v) is 20.7. The molecule has 2 aromatic rings. The van der Waals surface area contributed by atoms with E-state index in [1.807, 2.05) is 38.9 Å². The number of thiocarbonyl (C=S) groups is 1. The molecule has 0 bridgehead atoms. The quantitative estimate of drug-likeness (QED) is 0.328. The number of nitrogens with zero attached hydrogens (tertiary/aromatic N) is 1. The molecule has 1 N–H and O–H groups in total. The number of aryl methyl sites for hydroxylation is 1. The van der Waals surface area contributed by atoms with Gasteiger partial charge in [0, 0.05) is 32.7 Å². The van der Waals surface area contributed by atoms with Crippen LogP contribution in [0.5, 0.6) is 0 Å². The van der Waals surface area contributed by atoms with E-state index >= 15 is 0 Å². The van der Waals surface area contributed by atoms with Crippen molar-refractivity contribution in [1.82, 2.24) is 0 Å². The summed E-state index contributed by atoms with van der Waals surface area (Å²) in [7, 11) is -3.66. The molecule has 0 unspecified atom stereocenters. The van der Waals surface area contributed by atoms with E-state index in [0.717, 1.165) is 0 Å². The molecule has 2 aromatic carbocycles. The van der Waals surface area contributed by atoms with Gasteiger partial charge in [0.1, 0.15) is 0 Å². The topological polar surface area (TPSA) is 87.4 Å². The number of isothiocyanates is 1. The first-order valence-electron chi connectivity index (χ1n) is 8.00. The van der Waals surface area contributed by atoms with E-state index in [1.54, 1.807) is 43.3 Å². The van der Waals surface area contributed by atoms with Gasteiger partial charge in [-0.15, -0.1) is 9.96 Å². The molecule has 0 aliphatic rings. The van der Waals surface area contributed by atoms with Crippen molar-refractivity contribution in [2.75, 3.05) is 0 Å². The normalized spacial score (nSPS) is 8.48. The largest absolute Gasteiger partial charge is 0.664 e. The van der Waals surface area contributed by atoms with Crippen LogP contribution in [0.15, 0.2) is 57.8 Å². The van der Waals surface area contributed by atoms with Gasteiger partial charge in [-0.05, 0) is 22.7 Å². The number of carbonyl (C=O) groups is 1. The molecule has 1 radical (unpaired) electrons. The Labute approximate surface area is 193 Å². The third kappa shape index (κ3) is 12.7. The van der Waals surface area contributed by atoms with Crippen molar-refractivity contribution < 1.29 is 45.9 Å². The van der Waals surface area contributed by atoms with Gasteiger partial charge in [0.15, 0.2) is 0 Å². The molecule has 5 nitrogen and oxygen atoms in total. The van der Waals surface area contributed by atoms with Gasteiger partial charge in [0.2, 0.25) is 10.0 Å². The minimum atomic E-state index is -3.66. The Morgan fingerprint density at radius 3 is 2.00 bits per heavy atom. The van der Waals surface area contributed by atoms with Crippen molar-refractivity contribution in [3.05, 3.63) is 71.5 Å². The molecular weight excluding hydrogens is 457 g/mol. The zero-order chi connectivity index (χ0) is 20.6. The fourth-order valence-electron chi connectivity index (χ4n) is 1.46. The number of nitrogens with one attached hydrogen (secondary N) is 1. The van der Waals surface area contributed by atoms with Crippen LogP contribution in [-0.4, -0.2) is 19.5 Å². The Morgan fingerprint density at radius 1 is 1.11 bits per heavy atom. The van der Waals surface area contributed by atoms with E-state index in [0.29, 0.717) is 11.1 Å². The third-order valence-electron chi connectivity index (χ3n) is 2.50. The molecule has 0 spiro atoms. The maximum absolute atomic E-state index is 11.3. The summed E-state index contributed by atoms with van der Waals surface area (Å²) in [5.41, 5.74) is 7.74.